The second-order valence-corrected chi connectivity index (χ2v) is 8.76. The number of rotatable bonds is 3. The van der Waals surface area contributed by atoms with Crippen LogP contribution in [0.25, 0.3) is 0 Å². The first-order valence-electron chi connectivity index (χ1n) is 4.56. The Balaban J connectivity index is 3.41. The van der Waals surface area contributed by atoms with E-state index >= 15 is 0 Å². The Labute approximate surface area is 72.4 Å². The molecular weight excluding hydrogens is 148 g/mol. The van der Waals surface area contributed by atoms with Gasteiger partial charge in [-0.1, -0.05) is 39.4 Å². The van der Waals surface area contributed by atoms with Gasteiger partial charge < -0.3 is 0 Å². The van der Waals surface area contributed by atoms with E-state index in [0.717, 1.165) is 6.42 Å². The van der Waals surface area contributed by atoms with Crippen molar-refractivity contribution >= 4 is 8.07 Å². The highest BCUT2D eigenvalue weighted by Gasteiger charge is 2.06. The van der Waals surface area contributed by atoms with Crippen molar-refractivity contribution < 1.29 is 0 Å². The van der Waals surface area contributed by atoms with Crippen molar-refractivity contribution in [3.8, 4) is 11.5 Å². The highest BCUT2D eigenvalue weighted by atomic mass is 28.3. The van der Waals surface area contributed by atoms with Crippen molar-refractivity contribution in [2.24, 2.45) is 0 Å². The van der Waals surface area contributed by atoms with Crippen molar-refractivity contribution in [2.45, 2.75) is 52.2 Å². The standard InChI is InChI=1S/C10H20Si/c1-5-6-7-8-9-10-11(2,3)4/h5-8H2,1-4H3. The molecule has 0 radical (unpaired) electrons. The second-order valence-electron chi connectivity index (χ2n) is 4.01. The van der Waals surface area contributed by atoms with E-state index < -0.39 is 8.07 Å². The van der Waals surface area contributed by atoms with Crippen LogP contribution in [-0.2, 0) is 0 Å². The lowest BCUT2D eigenvalue weighted by atomic mass is 10.2. The fourth-order valence-corrected chi connectivity index (χ4v) is 1.45. The van der Waals surface area contributed by atoms with Gasteiger partial charge in [-0.3, -0.25) is 0 Å². The Kier molecular flexibility index (Phi) is 5.32. The molecule has 11 heavy (non-hydrogen) atoms. The maximum absolute atomic E-state index is 3.37. The summed E-state index contributed by atoms with van der Waals surface area (Å²) < 4.78 is 0. The molecular formula is C10H20Si. The number of hydrogen-bond acceptors (Lipinski definition) is 0. The smallest absolute Gasteiger partial charge is 0.129 e. The maximum Gasteiger partial charge on any atom is 0.129 e. The average Bonchev–Trinajstić information content (AvgIpc) is 1.85. The summed E-state index contributed by atoms with van der Waals surface area (Å²) in [5, 5.41) is 0. The Morgan fingerprint density at radius 3 is 2.18 bits per heavy atom. The van der Waals surface area contributed by atoms with Gasteiger partial charge in [-0.2, -0.15) is 0 Å². The molecule has 0 fully saturated rings. The van der Waals surface area contributed by atoms with E-state index in [-0.39, 0.29) is 0 Å². The predicted octanol–water partition coefficient (Wildman–Crippen LogP) is 3.45. The van der Waals surface area contributed by atoms with Gasteiger partial charge in [-0.15, -0.1) is 11.5 Å². The van der Waals surface area contributed by atoms with Gasteiger partial charge >= 0.3 is 0 Å². The van der Waals surface area contributed by atoms with Gasteiger partial charge in [0.25, 0.3) is 0 Å². The normalized spacial score (nSPS) is 10.5. The third-order valence-corrected chi connectivity index (χ3v) is 2.30. The zero-order valence-electron chi connectivity index (χ0n) is 8.33. The number of hydrogen-bond donors (Lipinski definition) is 0. The molecule has 0 rings (SSSR count). The first-order chi connectivity index (χ1) is 5.06. The summed E-state index contributed by atoms with van der Waals surface area (Å²) in [7, 11) is -1.08. The lowest BCUT2D eigenvalue weighted by molar-refractivity contribution is 0.737. The first kappa shape index (κ1) is 10.8. The minimum atomic E-state index is -1.08. The van der Waals surface area contributed by atoms with Crippen molar-refractivity contribution in [1.82, 2.24) is 0 Å². The maximum atomic E-state index is 3.37. The molecule has 0 aromatic rings. The van der Waals surface area contributed by atoms with E-state index in [9.17, 15) is 0 Å². The van der Waals surface area contributed by atoms with Crippen LogP contribution < -0.4 is 0 Å². The Morgan fingerprint density at radius 1 is 1.09 bits per heavy atom. The molecule has 64 valence electrons. The minimum absolute atomic E-state index is 1.08. The Morgan fingerprint density at radius 2 is 1.73 bits per heavy atom. The summed E-state index contributed by atoms with van der Waals surface area (Å²) in [5.74, 6) is 3.27. The van der Waals surface area contributed by atoms with Gasteiger partial charge in [-0.25, -0.2) is 0 Å². The summed E-state index contributed by atoms with van der Waals surface area (Å²) in [6.07, 6.45) is 5.03. The fourth-order valence-electron chi connectivity index (χ4n) is 0.791. The van der Waals surface area contributed by atoms with Gasteiger partial charge in [0.2, 0.25) is 0 Å². The van der Waals surface area contributed by atoms with E-state index in [0.29, 0.717) is 0 Å². The zero-order chi connectivity index (χ0) is 8.74. The van der Waals surface area contributed by atoms with Crippen LogP contribution in [-0.4, -0.2) is 8.07 Å². The molecule has 0 aromatic carbocycles. The summed E-state index contributed by atoms with van der Waals surface area (Å²) in [5.41, 5.74) is 3.37. The van der Waals surface area contributed by atoms with Crippen LogP contribution in [0, 0.1) is 11.5 Å². The Bertz CT molecular complexity index is 142. The van der Waals surface area contributed by atoms with Crippen LogP contribution >= 0.6 is 0 Å². The monoisotopic (exact) mass is 168 g/mol. The highest BCUT2D eigenvalue weighted by Crippen LogP contribution is 2.00. The topological polar surface area (TPSA) is 0 Å². The van der Waals surface area contributed by atoms with Crippen LogP contribution in [0.1, 0.15) is 32.6 Å². The van der Waals surface area contributed by atoms with Gasteiger partial charge in [0.05, 0.1) is 0 Å². The van der Waals surface area contributed by atoms with Crippen molar-refractivity contribution in [3.63, 3.8) is 0 Å². The molecule has 0 aliphatic heterocycles. The van der Waals surface area contributed by atoms with E-state index in [4.69, 9.17) is 0 Å². The van der Waals surface area contributed by atoms with E-state index in [1.54, 1.807) is 0 Å². The molecule has 0 heterocycles. The molecule has 0 atom stereocenters. The SMILES string of the molecule is CCCCCC#C[Si](C)(C)C. The largest absolute Gasteiger partial charge is 0.132 e. The molecule has 1 heteroatoms. The first-order valence-corrected chi connectivity index (χ1v) is 8.06. The van der Waals surface area contributed by atoms with Gasteiger partial charge in [0.1, 0.15) is 8.07 Å². The lowest BCUT2D eigenvalue weighted by Crippen LogP contribution is -2.16. The minimum Gasteiger partial charge on any atom is -0.132 e. The van der Waals surface area contributed by atoms with Crippen LogP contribution in [0.4, 0.5) is 0 Å². The van der Waals surface area contributed by atoms with E-state index in [2.05, 4.69) is 38.0 Å². The predicted molar refractivity (Wildman–Crippen MR) is 55.3 cm³/mol. The number of unbranched alkanes of at least 4 members (excludes halogenated alkanes) is 3. The van der Waals surface area contributed by atoms with Gasteiger partial charge in [0.15, 0.2) is 0 Å². The van der Waals surface area contributed by atoms with Crippen LogP contribution in [0.3, 0.4) is 0 Å². The molecule has 0 saturated carbocycles. The third-order valence-electron chi connectivity index (χ3n) is 1.37. The van der Waals surface area contributed by atoms with Crippen LogP contribution in [0.2, 0.25) is 19.6 Å². The molecule has 0 spiro atoms. The van der Waals surface area contributed by atoms with Crippen LogP contribution in [0.15, 0.2) is 0 Å². The van der Waals surface area contributed by atoms with Crippen molar-refractivity contribution in [2.75, 3.05) is 0 Å². The van der Waals surface area contributed by atoms with Crippen LogP contribution in [0.5, 0.6) is 0 Å². The molecule has 0 aromatic heterocycles. The third kappa shape index (κ3) is 9.78. The van der Waals surface area contributed by atoms with E-state index in [1.807, 2.05) is 0 Å². The summed E-state index contributed by atoms with van der Waals surface area (Å²) in [6.45, 7) is 9.10. The average molecular weight is 168 g/mol. The molecule has 0 unspecified atom stereocenters. The summed E-state index contributed by atoms with van der Waals surface area (Å²) in [4.78, 5) is 0. The quantitative estimate of drug-likeness (QED) is 0.344. The molecule has 0 saturated heterocycles. The summed E-state index contributed by atoms with van der Waals surface area (Å²) >= 11 is 0. The molecule has 0 N–H and O–H groups in total. The highest BCUT2D eigenvalue weighted by molar-refractivity contribution is 6.83. The molecule has 0 amide bonds. The Hall–Kier alpha value is -0.223. The lowest BCUT2D eigenvalue weighted by Gasteiger charge is -2.02. The second kappa shape index (κ2) is 5.43. The molecule has 0 nitrogen and oxygen atoms in total. The van der Waals surface area contributed by atoms with Gasteiger partial charge in [-0.05, 0) is 6.42 Å². The molecule has 0 aliphatic rings. The van der Waals surface area contributed by atoms with E-state index in [1.165, 1.54) is 19.3 Å². The fraction of sp³-hybridized carbons (Fsp3) is 0.800. The molecule has 0 bridgehead atoms. The molecule has 0 aliphatic carbocycles. The van der Waals surface area contributed by atoms with Crippen molar-refractivity contribution in [1.29, 1.82) is 0 Å². The van der Waals surface area contributed by atoms with Crippen molar-refractivity contribution in [3.05, 3.63) is 0 Å². The summed E-state index contributed by atoms with van der Waals surface area (Å²) in [6, 6.07) is 0. The zero-order valence-corrected chi connectivity index (χ0v) is 9.33. The van der Waals surface area contributed by atoms with Gasteiger partial charge in [0, 0.05) is 6.42 Å².